The predicted octanol–water partition coefficient (Wildman–Crippen LogP) is 3.04. The van der Waals surface area contributed by atoms with E-state index in [1.165, 1.54) is 33.1 Å². The quantitative estimate of drug-likeness (QED) is 0.256. The molecule has 3 N–H and O–H groups in total. The smallest absolute Gasteiger partial charge is 0.238 e. The molecule has 190 valence electrons. The molecule has 0 unspecified atom stereocenters. The number of nitrogens with one attached hydrogen (secondary N) is 1. The molecule has 37 heavy (non-hydrogen) atoms. The average Bonchev–Trinajstić information content (AvgIpc) is 3.58. The van der Waals surface area contributed by atoms with Gasteiger partial charge >= 0.3 is 0 Å². The Morgan fingerprint density at radius 2 is 1.95 bits per heavy atom. The molecule has 1 aromatic carbocycles. The van der Waals surface area contributed by atoms with Gasteiger partial charge in [0.2, 0.25) is 11.7 Å². The van der Waals surface area contributed by atoms with Crippen molar-refractivity contribution in [1.29, 1.82) is 0 Å². The maximum Gasteiger partial charge on any atom is 0.238 e. The Balaban J connectivity index is 1.45. The van der Waals surface area contributed by atoms with Gasteiger partial charge in [0.05, 0.1) is 17.4 Å². The van der Waals surface area contributed by atoms with Gasteiger partial charge in [-0.05, 0) is 39.8 Å². The third-order valence-electron chi connectivity index (χ3n) is 6.70. The van der Waals surface area contributed by atoms with Gasteiger partial charge in [0.25, 0.3) is 0 Å². The van der Waals surface area contributed by atoms with E-state index in [1.54, 1.807) is 19.1 Å². The molecule has 11 nitrogen and oxygen atoms in total. The normalized spacial score (nSPS) is 19.7. The first kappa shape index (κ1) is 24.0. The number of nitrogens with zero attached hydrogens (tertiary/aromatic N) is 2. The van der Waals surface area contributed by atoms with Gasteiger partial charge in [-0.3, -0.25) is 14.4 Å². The molecular formula is C26H23N3O8. The molecule has 2 aliphatic rings. The van der Waals surface area contributed by atoms with Gasteiger partial charge < -0.3 is 29.2 Å². The summed E-state index contributed by atoms with van der Waals surface area (Å²) in [5.41, 5.74) is -1.45. The standard InChI is InChI=1S/C26H23N3O8/c1-11-21(32)19(13(3)30)23-20(22(11)33)26(4)16(36-23)10-14(31)18(24(26)34)12(2)27-8-7-17-28-25(29-37-17)15-6-5-9-35-15/h5-6,9-10,27,32-33H,7-8H2,1-4H3/b18-12+/t26-/m0/s1. The molecule has 1 atom stereocenters. The van der Waals surface area contributed by atoms with E-state index in [0.717, 1.165) is 0 Å². The SMILES string of the molecule is CC(=O)c1c(O)c(C)c(O)c2c1OC1=CC(=O)/C(=C(/C)NCCc3nc(-c4ccco4)no3)C(=O)[C@@]12C. The second kappa shape index (κ2) is 8.47. The lowest BCUT2D eigenvalue weighted by Crippen LogP contribution is -2.41. The minimum Gasteiger partial charge on any atom is -0.507 e. The Labute approximate surface area is 210 Å². The summed E-state index contributed by atoms with van der Waals surface area (Å²) < 4.78 is 16.2. The second-order valence-electron chi connectivity index (χ2n) is 9.05. The highest BCUT2D eigenvalue weighted by Gasteiger charge is 2.56. The largest absolute Gasteiger partial charge is 0.507 e. The molecule has 0 fully saturated rings. The van der Waals surface area contributed by atoms with E-state index in [1.807, 2.05) is 0 Å². The van der Waals surface area contributed by atoms with E-state index in [9.17, 15) is 24.6 Å². The summed E-state index contributed by atoms with van der Waals surface area (Å²) in [4.78, 5) is 43.3. The molecule has 1 aliphatic carbocycles. The predicted molar refractivity (Wildman–Crippen MR) is 127 cm³/mol. The highest BCUT2D eigenvalue weighted by Crippen LogP contribution is 2.57. The van der Waals surface area contributed by atoms with Crippen LogP contribution in [0.3, 0.4) is 0 Å². The van der Waals surface area contributed by atoms with Gasteiger partial charge in [-0.1, -0.05) is 5.16 Å². The van der Waals surface area contributed by atoms with Crippen LogP contribution in [-0.4, -0.2) is 44.2 Å². The average molecular weight is 505 g/mol. The lowest BCUT2D eigenvalue weighted by molar-refractivity contribution is -0.123. The van der Waals surface area contributed by atoms with Crippen LogP contribution in [0.25, 0.3) is 11.6 Å². The summed E-state index contributed by atoms with van der Waals surface area (Å²) in [5.74, 6) is -1.55. The molecule has 0 bridgehead atoms. The topological polar surface area (TPSA) is 165 Å². The van der Waals surface area contributed by atoms with Crippen molar-refractivity contribution in [3.05, 3.63) is 64.1 Å². The first-order chi connectivity index (χ1) is 17.6. The number of furan rings is 1. The van der Waals surface area contributed by atoms with Crippen molar-refractivity contribution in [3.63, 3.8) is 0 Å². The molecular weight excluding hydrogens is 482 g/mol. The van der Waals surface area contributed by atoms with Crippen molar-refractivity contribution in [3.8, 4) is 28.8 Å². The van der Waals surface area contributed by atoms with Crippen LogP contribution in [0.4, 0.5) is 0 Å². The number of aromatic hydroxyl groups is 2. The van der Waals surface area contributed by atoms with Gasteiger partial charge in [-0.2, -0.15) is 4.98 Å². The van der Waals surface area contributed by atoms with E-state index in [2.05, 4.69) is 15.5 Å². The molecule has 0 radical (unpaired) electrons. The molecule has 0 saturated heterocycles. The molecule has 0 amide bonds. The Hall–Kier alpha value is -4.67. The van der Waals surface area contributed by atoms with Gasteiger partial charge in [0.15, 0.2) is 23.1 Å². The number of carbonyl (C=O) groups excluding carboxylic acids is 3. The Morgan fingerprint density at radius 1 is 1.19 bits per heavy atom. The number of rotatable bonds is 6. The van der Waals surface area contributed by atoms with Crippen molar-refractivity contribution in [2.75, 3.05) is 6.54 Å². The number of hydrogen-bond acceptors (Lipinski definition) is 11. The van der Waals surface area contributed by atoms with Crippen LogP contribution in [0.1, 0.15) is 48.1 Å². The van der Waals surface area contributed by atoms with Crippen molar-refractivity contribution in [2.24, 2.45) is 0 Å². The molecule has 3 aromatic rings. The lowest BCUT2D eigenvalue weighted by atomic mass is 9.70. The van der Waals surface area contributed by atoms with Gasteiger partial charge in [-0.25, -0.2) is 0 Å². The molecule has 0 spiro atoms. The number of phenols is 2. The van der Waals surface area contributed by atoms with Crippen LogP contribution >= 0.6 is 0 Å². The van der Waals surface area contributed by atoms with Crippen molar-refractivity contribution in [2.45, 2.75) is 39.5 Å². The minimum atomic E-state index is -1.57. The van der Waals surface area contributed by atoms with E-state index >= 15 is 0 Å². The van der Waals surface area contributed by atoms with E-state index in [-0.39, 0.29) is 46.1 Å². The number of ether oxygens (including phenoxy) is 1. The van der Waals surface area contributed by atoms with Crippen LogP contribution < -0.4 is 10.1 Å². The Kier molecular flexibility index (Phi) is 5.50. The second-order valence-corrected chi connectivity index (χ2v) is 9.05. The maximum absolute atomic E-state index is 13.8. The third-order valence-corrected chi connectivity index (χ3v) is 6.70. The minimum absolute atomic E-state index is 0.0202. The summed E-state index contributed by atoms with van der Waals surface area (Å²) in [5, 5.41) is 28.3. The van der Waals surface area contributed by atoms with Crippen molar-refractivity contribution >= 4 is 17.3 Å². The fraction of sp³-hybridized carbons (Fsp3) is 0.269. The van der Waals surface area contributed by atoms with Gasteiger partial charge in [0, 0.05) is 30.3 Å². The number of aromatic nitrogens is 2. The fourth-order valence-electron chi connectivity index (χ4n) is 4.67. The number of fused-ring (bicyclic) bond motifs is 3. The molecule has 2 aromatic heterocycles. The van der Waals surface area contributed by atoms with E-state index in [4.69, 9.17) is 13.7 Å². The third kappa shape index (κ3) is 3.53. The Bertz CT molecular complexity index is 1540. The summed E-state index contributed by atoms with van der Waals surface area (Å²) in [6, 6.07) is 3.41. The molecule has 3 heterocycles. The van der Waals surface area contributed by atoms with Gasteiger partial charge in [0.1, 0.15) is 34.0 Å². The summed E-state index contributed by atoms with van der Waals surface area (Å²) in [6.45, 7) is 6.06. The van der Waals surface area contributed by atoms with Crippen molar-refractivity contribution < 1.29 is 38.3 Å². The number of benzene rings is 1. The molecule has 1 aliphatic heterocycles. The number of phenolic OH excluding ortho intramolecular Hbond substituents is 2. The first-order valence-corrected chi connectivity index (χ1v) is 11.5. The van der Waals surface area contributed by atoms with Crippen LogP contribution in [0.15, 0.2) is 50.4 Å². The number of Topliss-reactive ketones (excluding diaryl/α,β-unsaturated/α-hetero) is 2. The van der Waals surface area contributed by atoms with Crippen LogP contribution in [0.5, 0.6) is 17.2 Å². The van der Waals surface area contributed by atoms with Crippen LogP contribution in [0.2, 0.25) is 0 Å². The van der Waals surface area contributed by atoms with Crippen LogP contribution in [-0.2, 0) is 21.4 Å². The molecule has 0 saturated carbocycles. The molecule has 5 rings (SSSR count). The van der Waals surface area contributed by atoms with E-state index in [0.29, 0.717) is 29.6 Å². The van der Waals surface area contributed by atoms with Crippen molar-refractivity contribution in [1.82, 2.24) is 15.5 Å². The van der Waals surface area contributed by atoms with Crippen LogP contribution in [0, 0.1) is 6.92 Å². The number of allylic oxidation sites excluding steroid dienone is 4. The number of hydrogen-bond donors (Lipinski definition) is 3. The zero-order valence-electron chi connectivity index (χ0n) is 20.5. The highest BCUT2D eigenvalue weighted by atomic mass is 16.5. The highest BCUT2D eigenvalue weighted by molar-refractivity contribution is 6.31. The summed E-state index contributed by atoms with van der Waals surface area (Å²) in [7, 11) is 0. The monoisotopic (exact) mass is 505 g/mol. The number of carbonyl (C=O) groups is 3. The van der Waals surface area contributed by atoms with Gasteiger partial charge in [-0.15, -0.1) is 0 Å². The fourth-order valence-corrected chi connectivity index (χ4v) is 4.67. The molecule has 11 heteroatoms. The zero-order chi connectivity index (χ0) is 26.6. The number of ketones is 3. The summed E-state index contributed by atoms with van der Waals surface area (Å²) >= 11 is 0. The summed E-state index contributed by atoms with van der Waals surface area (Å²) in [6.07, 6.45) is 2.98. The zero-order valence-corrected chi connectivity index (χ0v) is 20.5. The lowest BCUT2D eigenvalue weighted by Gasteiger charge is -2.29. The first-order valence-electron chi connectivity index (χ1n) is 11.5. The Morgan fingerprint density at radius 3 is 2.62 bits per heavy atom. The maximum atomic E-state index is 13.8. The van der Waals surface area contributed by atoms with E-state index < -0.39 is 28.5 Å².